The number of carbonyl (C=O) groups is 2. The monoisotopic (exact) mass is 334 g/mol. The summed E-state index contributed by atoms with van der Waals surface area (Å²) in [6, 6.07) is 8.25. The van der Waals surface area contributed by atoms with Crippen LogP contribution in [0.1, 0.15) is 30.4 Å². The standard InChI is InChI=1S/C19H30N2O3/c1-16-6-8-17(9-7-16)10-11-18(22)21(14-5-13-20(2)3)15-12-19(23)24-4/h6-9H,5,10-15H2,1-4H3. The van der Waals surface area contributed by atoms with Gasteiger partial charge in [0.25, 0.3) is 0 Å². The maximum Gasteiger partial charge on any atom is 0.307 e. The van der Waals surface area contributed by atoms with E-state index in [2.05, 4.69) is 33.9 Å². The Kier molecular flexibility index (Phi) is 9.08. The molecule has 0 bridgehead atoms. The van der Waals surface area contributed by atoms with Gasteiger partial charge in [0.1, 0.15) is 0 Å². The van der Waals surface area contributed by atoms with Crippen molar-refractivity contribution < 1.29 is 14.3 Å². The average molecular weight is 334 g/mol. The van der Waals surface area contributed by atoms with Crippen LogP contribution < -0.4 is 0 Å². The number of methoxy groups -OCH3 is 1. The molecule has 0 saturated carbocycles. The molecule has 24 heavy (non-hydrogen) atoms. The number of hydrogen-bond donors (Lipinski definition) is 0. The summed E-state index contributed by atoms with van der Waals surface area (Å²) in [6.07, 6.45) is 2.33. The Morgan fingerprint density at radius 3 is 2.25 bits per heavy atom. The maximum absolute atomic E-state index is 12.5. The quantitative estimate of drug-likeness (QED) is 0.616. The van der Waals surface area contributed by atoms with E-state index in [-0.39, 0.29) is 18.3 Å². The molecule has 1 amide bonds. The molecule has 1 rings (SSSR count). The van der Waals surface area contributed by atoms with Crippen molar-refractivity contribution in [2.45, 2.75) is 32.6 Å². The molecule has 0 spiro atoms. The predicted molar refractivity (Wildman–Crippen MR) is 95.9 cm³/mol. The number of benzene rings is 1. The summed E-state index contributed by atoms with van der Waals surface area (Å²) >= 11 is 0. The molecule has 0 heterocycles. The minimum atomic E-state index is -0.279. The van der Waals surface area contributed by atoms with Gasteiger partial charge < -0.3 is 14.5 Å². The molecule has 0 aliphatic carbocycles. The van der Waals surface area contributed by atoms with Gasteiger partial charge in [0.2, 0.25) is 5.91 Å². The van der Waals surface area contributed by atoms with Gasteiger partial charge in [-0.05, 0) is 46.0 Å². The first kappa shape index (κ1) is 20.2. The van der Waals surface area contributed by atoms with Crippen molar-refractivity contribution in [1.82, 2.24) is 9.80 Å². The van der Waals surface area contributed by atoms with E-state index < -0.39 is 0 Å². The lowest BCUT2D eigenvalue weighted by atomic mass is 10.1. The van der Waals surface area contributed by atoms with Gasteiger partial charge in [-0.1, -0.05) is 29.8 Å². The summed E-state index contributed by atoms with van der Waals surface area (Å²) in [5.41, 5.74) is 2.38. The first-order valence-electron chi connectivity index (χ1n) is 8.47. The van der Waals surface area contributed by atoms with Gasteiger partial charge in [-0.25, -0.2) is 0 Å². The number of nitrogens with zero attached hydrogens (tertiary/aromatic N) is 2. The first-order chi connectivity index (χ1) is 11.4. The van der Waals surface area contributed by atoms with E-state index in [0.717, 1.165) is 24.9 Å². The van der Waals surface area contributed by atoms with Crippen molar-refractivity contribution in [2.75, 3.05) is 40.8 Å². The highest BCUT2D eigenvalue weighted by atomic mass is 16.5. The zero-order valence-electron chi connectivity index (χ0n) is 15.4. The van der Waals surface area contributed by atoms with E-state index in [4.69, 9.17) is 0 Å². The van der Waals surface area contributed by atoms with Crippen molar-refractivity contribution in [1.29, 1.82) is 0 Å². The summed E-state index contributed by atoms with van der Waals surface area (Å²) < 4.78 is 4.68. The number of aryl methyl sites for hydroxylation is 2. The van der Waals surface area contributed by atoms with Crippen LogP contribution in [0, 0.1) is 6.92 Å². The van der Waals surface area contributed by atoms with Gasteiger partial charge in [-0.2, -0.15) is 0 Å². The van der Waals surface area contributed by atoms with Crippen LogP contribution >= 0.6 is 0 Å². The highest BCUT2D eigenvalue weighted by molar-refractivity contribution is 5.77. The van der Waals surface area contributed by atoms with Gasteiger partial charge in [0, 0.05) is 19.5 Å². The summed E-state index contributed by atoms with van der Waals surface area (Å²) in [7, 11) is 5.40. The molecule has 0 aliphatic heterocycles. The fourth-order valence-corrected chi connectivity index (χ4v) is 2.43. The van der Waals surface area contributed by atoms with E-state index in [1.807, 2.05) is 21.0 Å². The number of amides is 1. The van der Waals surface area contributed by atoms with E-state index in [1.165, 1.54) is 12.7 Å². The van der Waals surface area contributed by atoms with Crippen LogP contribution in [0.2, 0.25) is 0 Å². The van der Waals surface area contributed by atoms with E-state index in [0.29, 0.717) is 19.5 Å². The Balaban J connectivity index is 2.53. The van der Waals surface area contributed by atoms with Crippen LogP contribution in [0.4, 0.5) is 0 Å². The van der Waals surface area contributed by atoms with Gasteiger partial charge in [0.05, 0.1) is 13.5 Å². The lowest BCUT2D eigenvalue weighted by Crippen LogP contribution is -2.35. The Bertz CT molecular complexity index is 512. The second kappa shape index (κ2) is 10.8. The first-order valence-corrected chi connectivity index (χ1v) is 8.47. The lowest BCUT2D eigenvalue weighted by molar-refractivity contribution is -0.141. The molecule has 0 aliphatic rings. The SMILES string of the molecule is COC(=O)CCN(CCCN(C)C)C(=O)CCc1ccc(C)cc1. The van der Waals surface area contributed by atoms with Crippen molar-refractivity contribution in [2.24, 2.45) is 0 Å². The number of esters is 1. The van der Waals surface area contributed by atoms with Crippen molar-refractivity contribution >= 4 is 11.9 Å². The van der Waals surface area contributed by atoms with Gasteiger partial charge >= 0.3 is 5.97 Å². The minimum Gasteiger partial charge on any atom is -0.469 e. The molecule has 1 aromatic carbocycles. The zero-order chi connectivity index (χ0) is 17.9. The molecule has 0 unspecified atom stereocenters. The normalized spacial score (nSPS) is 10.7. The molecule has 134 valence electrons. The Hall–Kier alpha value is -1.88. The third kappa shape index (κ3) is 8.11. The topological polar surface area (TPSA) is 49.9 Å². The smallest absolute Gasteiger partial charge is 0.307 e. The molecule has 5 nitrogen and oxygen atoms in total. The lowest BCUT2D eigenvalue weighted by Gasteiger charge is -2.23. The van der Waals surface area contributed by atoms with Crippen LogP contribution in [0.15, 0.2) is 24.3 Å². The Morgan fingerprint density at radius 1 is 1.00 bits per heavy atom. The summed E-state index contributed by atoms with van der Waals surface area (Å²) in [4.78, 5) is 27.8. The van der Waals surface area contributed by atoms with E-state index in [1.54, 1.807) is 4.90 Å². The second-order valence-corrected chi connectivity index (χ2v) is 6.35. The number of carbonyl (C=O) groups excluding carboxylic acids is 2. The second-order valence-electron chi connectivity index (χ2n) is 6.35. The van der Waals surface area contributed by atoms with Crippen LogP contribution in [-0.4, -0.2) is 62.5 Å². The van der Waals surface area contributed by atoms with Gasteiger partial charge in [0.15, 0.2) is 0 Å². The molecular weight excluding hydrogens is 304 g/mol. The van der Waals surface area contributed by atoms with E-state index >= 15 is 0 Å². The third-order valence-electron chi connectivity index (χ3n) is 3.95. The molecule has 0 N–H and O–H groups in total. The summed E-state index contributed by atoms with van der Waals surface area (Å²) in [5.74, 6) is -0.183. The minimum absolute atomic E-state index is 0.0956. The van der Waals surface area contributed by atoms with Gasteiger partial charge in [-0.15, -0.1) is 0 Å². The fourth-order valence-electron chi connectivity index (χ4n) is 2.43. The summed E-state index contributed by atoms with van der Waals surface area (Å²) in [5, 5.41) is 0. The zero-order valence-corrected chi connectivity index (χ0v) is 15.4. The average Bonchev–Trinajstić information content (AvgIpc) is 2.56. The van der Waals surface area contributed by atoms with Crippen LogP contribution in [0.5, 0.6) is 0 Å². The Labute approximate surface area is 145 Å². The van der Waals surface area contributed by atoms with Crippen molar-refractivity contribution in [3.05, 3.63) is 35.4 Å². The Morgan fingerprint density at radius 2 is 1.67 bits per heavy atom. The molecule has 0 radical (unpaired) electrons. The van der Waals surface area contributed by atoms with Crippen LogP contribution in [-0.2, 0) is 20.7 Å². The molecule has 0 atom stereocenters. The fraction of sp³-hybridized carbons (Fsp3) is 0.579. The number of hydrogen-bond acceptors (Lipinski definition) is 4. The molecule has 5 heteroatoms. The maximum atomic E-state index is 12.5. The number of rotatable bonds is 10. The van der Waals surface area contributed by atoms with Crippen LogP contribution in [0.25, 0.3) is 0 Å². The highest BCUT2D eigenvalue weighted by Gasteiger charge is 2.15. The van der Waals surface area contributed by atoms with Crippen LogP contribution in [0.3, 0.4) is 0 Å². The van der Waals surface area contributed by atoms with Crippen molar-refractivity contribution in [3.8, 4) is 0 Å². The molecular formula is C19H30N2O3. The highest BCUT2D eigenvalue weighted by Crippen LogP contribution is 2.08. The van der Waals surface area contributed by atoms with E-state index in [9.17, 15) is 9.59 Å². The molecule has 0 saturated heterocycles. The van der Waals surface area contributed by atoms with Crippen molar-refractivity contribution in [3.63, 3.8) is 0 Å². The largest absolute Gasteiger partial charge is 0.469 e. The number of ether oxygens (including phenoxy) is 1. The molecule has 1 aromatic rings. The van der Waals surface area contributed by atoms with Gasteiger partial charge in [-0.3, -0.25) is 9.59 Å². The third-order valence-corrected chi connectivity index (χ3v) is 3.95. The molecule has 0 aromatic heterocycles. The predicted octanol–water partition coefficient (Wildman–Crippen LogP) is 2.27. The molecule has 0 fully saturated rings. The summed E-state index contributed by atoms with van der Waals surface area (Å²) in [6.45, 7) is 4.06.